The first-order valence-electron chi connectivity index (χ1n) is 6.58. The number of hydrogen-bond donors (Lipinski definition) is 2. The topological polar surface area (TPSA) is 58.6 Å². The molecule has 2 N–H and O–H groups in total. The third-order valence-corrected chi connectivity index (χ3v) is 3.41. The van der Waals surface area contributed by atoms with Crippen LogP contribution >= 0.6 is 15.9 Å². The molecule has 0 aliphatic carbocycles. The molecule has 2 rings (SSSR count). The van der Waals surface area contributed by atoms with Crippen LogP contribution in [0.25, 0.3) is 0 Å². The van der Waals surface area contributed by atoms with E-state index in [1.165, 1.54) is 0 Å². The van der Waals surface area contributed by atoms with Gasteiger partial charge in [0.15, 0.2) is 0 Å². The maximum absolute atomic E-state index is 11.0. The van der Waals surface area contributed by atoms with Crippen molar-refractivity contribution in [2.75, 3.05) is 11.9 Å². The lowest BCUT2D eigenvalue weighted by Crippen LogP contribution is -2.04. The molecule has 0 aromatic heterocycles. The zero-order chi connectivity index (χ0) is 15.2. The molecule has 0 saturated carbocycles. The van der Waals surface area contributed by atoms with Gasteiger partial charge in [-0.05, 0) is 43.3 Å². The van der Waals surface area contributed by atoms with E-state index >= 15 is 0 Å². The standard InChI is InChI=1S/C16H16BrNO3/c1-2-21-15-7-6-13(17)8-12(15)10-18-14-5-3-4-11(9-14)16(19)20/h3-9,18H,2,10H2,1H3,(H,19,20). The fourth-order valence-corrected chi connectivity index (χ4v) is 2.35. The van der Waals surface area contributed by atoms with Gasteiger partial charge in [-0.2, -0.15) is 0 Å². The molecule has 0 radical (unpaired) electrons. The first-order chi connectivity index (χ1) is 10.1. The SMILES string of the molecule is CCOc1ccc(Br)cc1CNc1cccc(C(=O)O)c1. The summed E-state index contributed by atoms with van der Waals surface area (Å²) in [6.45, 7) is 3.09. The van der Waals surface area contributed by atoms with Gasteiger partial charge in [0.2, 0.25) is 0 Å². The number of halogens is 1. The molecule has 0 bridgehead atoms. The van der Waals surface area contributed by atoms with Gasteiger partial charge in [-0.15, -0.1) is 0 Å². The fourth-order valence-electron chi connectivity index (χ4n) is 1.94. The number of benzene rings is 2. The Kier molecular flexibility index (Phi) is 5.22. The molecule has 0 aliphatic rings. The van der Waals surface area contributed by atoms with Crippen LogP contribution in [0, 0.1) is 0 Å². The molecule has 0 unspecified atom stereocenters. The summed E-state index contributed by atoms with van der Waals surface area (Å²) >= 11 is 3.44. The van der Waals surface area contributed by atoms with Crippen molar-refractivity contribution in [2.24, 2.45) is 0 Å². The Morgan fingerprint density at radius 1 is 1.29 bits per heavy atom. The van der Waals surface area contributed by atoms with Crippen LogP contribution in [0.4, 0.5) is 5.69 Å². The lowest BCUT2D eigenvalue weighted by molar-refractivity contribution is 0.0697. The van der Waals surface area contributed by atoms with Crippen molar-refractivity contribution >= 4 is 27.6 Å². The molecular weight excluding hydrogens is 334 g/mol. The minimum atomic E-state index is -0.934. The summed E-state index contributed by atoms with van der Waals surface area (Å²) in [5, 5.41) is 12.2. The van der Waals surface area contributed by atoms with E-state index in [-0.39, 0.29) is 5.56 Å². The molecule has 21 heavy (non-hydrogen) atoms. The van der Waals surface area contributed by atoms with Crippen molar-refractivity contribution in [1.82, 2.24) is 0 Å². The van der Waals surface area contributed by atoms with Crippen molar-refractivity contribution in [3.8, 4) is 5.75 Å². The van der Waals surface area contributed by atoms with Crippen molar-refractivity contribution < 1.29 is 14.6 Å². The molecule has 0 saturated heterocycles. The largest absolute Gasteiger partial charge is 0.494 e. The molecule has 2 aromatic rings. The predicted octanol–water partition coefficient (Wildman–Crippen LogP) is 4.16. The highest BCUT2D eigenvalue weighted by Crippen LogP contribution is 2.24. The highest BCUT2D eigenvalue weighted by Gasteiger charge is 2.06. The molecule has 0 atom stereocenters. The van der Waals surface area contributed by atoms with E-state index in [0.717, 1.165) is 21.5 Å². The second-order valence-corrected chi connectivity index (χ2v) is 5.34. The molecule has 0 aliphatic heterocycles. The number of anilines is 1. The van der Waals surface area contributed by atoms with Crippen LogP contribution in [0.15, 0.2) is 46.9 Å². The summed E-state index contributed by atoms with van der Waals surface area (Å²) in [7, 11) is 0. The number of nitrogens with one attached hydrogen (secondary N) is 1. The van der Waals surface area contributed by atoms with Gasteiger partial charge in [0.25, 0.3) is 0 Å². The zero-order valence-corrected chi connectivity index (χ0v) is 13.2. The molecule has 0 heterocycles. The normalized spacial score (nSPS) is 10.2. The third kappa shape index (κ3) is 4.23. The van der Waals surface area contributed by atoms with Gasteiger partial charge >= 0.3 is 5.97 Å². The van der Waals surface area contributed by atoms with E-state index in [9.17, 15) is 4.79 Å². The highest BCUT2D eigenvalue weighted by molar-refractivity contribution is 9.10. The molecule has 2 aromatic carbocycles. The van der Waals surface area contributed by atoms with E-state index in [4.69, 9.17) is 9.84 Å². The average molecular weight is 350 g/mol. The summed E-state index contributed by atoms with van der Waals surface area (Å²) in [6.07, 6.45) is 0. The number of hydrogen-bond acceptors (Lipinski definition) is 3. The Balaban J connectivity index is 2.14. The lowest BCUT2D eigenvalue weighted by atomic mass is 10.1. The molecule has 0 spiro atoms. The lowest BCUT2D eigenvalue weighted by Gasteiger charge is -2.12. The number of aromatic carboxylic acids is 1. The van der Waals surface area contributed by atoms with Crippen LogP contribution in [0.2, 0.25) is 0 Å². The summed E-state index contributed by atoms with van der Waals surface area (Å²) in [6, 6.07) is 12.6. The van der Waals surface area contributed by atoms with Crippen LogP contribution in [0.5, 0.6) is 5.75 Å². The molecule has 110 valence electrons. The number of rotatable bonds is 6. The third-order valence-electron chi connectivity index (χ3n) is 2.91. The first kappa shape index (κ1) is 15.4. The van der Waals surface area contributed by atoms with Crippen LogP contribution in [-0.2, 0) is 6.54 Å². The van der Waals surface area contributed by atoms with Crippen molar-refractivity contribution in [1.29, 1.82) is 0 Å². The maximum Gasteiger partial charge on any atom is 0.335 e. The summed E-state index contributed by atoms with van der Waals surface area (Å²) in [4.78, 5) is 11.0. The van der Waals surface area contributed by atoms with Gasteiger partial charge in [0.1, 0.15) is 5.75 Å². The second kappa shape index (κ2) is 7.13. The van der Waals surface area contributed by atoms with Gasteiger partial charge in [0, 0.05) is 22.3 Å². The van der Waals surface area contributed by atoms with Crippen molar-refractivity contribution in [3.63, 3.8) is 0 Å². The predicted molar refractivity (Wildman–Crippen MR) is 86.0 cm³/mol. The minimum Gasteiger partial charge on any atom is -0.494 e. The van der Waals surface area contributed by atoms with Gasteiger partial charge in [0.05, 0.1) is 12.2 Å². The van der Waals surface area contributed by atoms with E-state index in [1.54, 1.807) is 18.2 Å². The number of ether oxygens (including phenoxy) is 1. The van der Waals surface area contributed by atoms with Gasteiger partial charge in [-0.3, -0.25) is 0 Å². The summed E-state index contributed by atoms with van der Waals surface area (Å²) in [5.41, 5.74) is 2.03. The second-order valence-electron chi connectivity index (χ2n) is 4.42. The average Bonchev–Trinajstić information content (AvgIpc) is 2.48. The van der Waals surface area contributed by atoms with E-state index in [0.29, 0.717) is 13.2 Å². The van der Waals surface area contributed by atoms with Crippen molar-refractivity contribution in [3.05, 3.63) is 58.1 Å². The fraction of sp³-hybridized carbons (Fsp3) is 0.188. The van der Waals surface area contributed by atoms with E-state index in [1.807, 2.05) is 31.2 Å². The smallest absolute Gasteiger partial charge is 0.335 e. The molecule has 0 amide bonds. The number of carboxylic acids is 1. The monoisotopic (exact) mass is 349 g/mol. The minimum absolute atomic E-state index is 0.263. The number of carboxylic acid groups (broad SMARTS) is 1. The summed E-state index contributed by atoms with van der Waals surface area (Å²) in [5.74, 6) is -0.112. The van der Waals surface area contributed by atoms with Gasteiger partial charge < -0.3 is 15.2 Å². The molecular formula is C16H16BrNO3. The number of carbonyl (C=O) groups is 1. The zero-order valence-electron chi connectivity index (χ0n) is 11.6. The van der Waals surface area contributed by atoms with Crippen LogP contribution in [-0.4, -0.2) is 17.7 Å². The van der Waals surface area contributed by atoms with Gasteiger partial charge in [-0.1, -0.05) is 22.0 Å². The Bertz CT molecular complexity index is 643. The maximum atomic E-state index is 11.0. The molecule has 4 nitrogen and oxygen atoms in total. The van der Waals surface area contributed by atoms with Crippen LogP contribution in [0.1, 0.15) is 22.8 Å². The molecule has 5 heteroatoms. The molecule has 0 fully saturated rings. The van der Waals surface area contributed by atoms with Crippen LogP contribution in [0.3, 0.4) is 0 Å². The first-order valence-corrected chi connectivity index (χ1v) is 7.38. The van der Waals surface area contributed by atoms with E-state index < -0.39 is 5.97 Å². The van der Waals surface area contributed by atoms with Gasteiger partial charge in [-0.25, -0.2) is 4.79 Å². The highest BCUT2D eigenvalue weighted by atomic mass is 79.9. The van der Waals surface area contributed by atoms with Crippen molar-refractivity contribution in [2.45, 2.75) is 13.5 Å². The Labute approximate surface area is 131 Å². The summed E-state index contributed by atoms with van der Waals surface area (Å²) < 4.78 is 6.56. The Morgan fingerprint density at radius 2 is 2.10 bits per heavy atom. The Morgan fingerprint density at radius 3 is 2.81 bits per heavy atom. The Hall–Kier alpha value is -2.01. The van der Waals surface area contributed by atoms with Crippen LogP contribution < -0.4 is 10.1 Å². The van der Waals surface area contributed by atoms with E-state index in [2.05, 4.69) is 21.2 Å². The quantitative estimate of drug-likeness (QED) is 0.821.